The van der Waals surface area contributed by atoms with Crippen molar-refractivity contribution in [2.24, 2.45) is 0 Å². The molecule has 0 fully saturated rings. The van der Waals surface area contributed by atoms with E-state index in [1.807, 2.05) is 68.7 Å². The minimum atomic E-state index is -0.267. The topological polar surface area (TPSA) is 34.6 Å². The molecule has 0 aliphatic rings. The Morgan fingerprint density at radius 2 is 1.55 bits per heavy atom. The molecule has 1 aromatic heterocycles. The maximum atomic E-state index is 6.57. The fourth-order valence-corrected chi connectivity index (χ4v) is 3.61. The van der Waals surface area contributed by atoms with Crippen LogP contribution in [0.3, 0.4) is 0 Å². The first kappa shape index (κ1) is 21.4. The van der Waals surface area contributed by atoms with Crippen molar-refractivity contribution in [3.8, 4) is 11.5 Å². The van der Waals surface area contributed by atoms with Crippen molar-refractivity contribution in [2.75, 3.05) is 27.2 Å². The molecule has 1 heterocycles. The van der Waals surface area contributed by atoms with E-state index in [4.69, 9.17) is 9.39 Å². The fraction of sp³-hybridized carbons (Fsp3) is 0.160. The summed E-state index contributed by atoms with van der Waals surface area (Å²) in [5, 5.41) is 1.05. The zero-order valence-corrected chi connectivity index (χ0v) is 19.2. The molecule has 0 aliphatic carbocycles. The molecule has 0 spiro atoms. The van der Waals surface area contributed by atoms with Gasteiger partial charge in [-0.2, -0.15) is 0 Å². The van der Waals surface area contributed by atoms with E-state index < -0.39 is 0 Å². The fourth-order valence-electron chi connectivity index (χ4n) is 3.35. The number of rotatable bonds is 8. The Labute approximate surface area is 192 Å². The highest BCUT2D eigenvalue weighted by atomic mass is 79.9. The third-order valence-electron chi connectivity index (χ3n) is 5.00. The van der Waals surface area contributed by atoms with Crippen LogP contribution in [0.25, 0.3) is 10.9 Å². The minimum Gasteiger partial charge on any atom is -0.550 e. The number of fused-ring (bicyclic) bond motifs is 1. The summed E-state index contributed by atoms with van der Waals surface area (Å²) in [6, 6.07) is 26.4. The van der Waals surface area contributed by atoms with Crippen molar-refractivity contribution in [1.29, 1.82) is 0 Å². The Morgan fingerprint density at radius 3 is 2.26 bits per heavy atom. The number of hydrogen-bond acceptors (Lipinski definition) is 4. The van der Waals surface area contributed by atoms with Crippen molar-refractivity contribution >= 4 is 44.7 Å². The molecular weight excluding hydrogens is 451 g/mol. The molecule has 156 valence electrons. The standard InChI is InChI=1S/C25H24BBrN2O2/c1-29(2)17-18-30-23-14-10-21(11-15-23)26(20-8-12-22(27)13-9-20)31-24-7-3-5-19-6-4-16-28-25(19)24/h3-16H,17-18H2,1-2H3. The molecule has 0 atom stereocenters. The number of halogens is 1. The predicted octanol–water partition coefficient (Wildman–Crippen LogP) is 4.12. The smallest absolute Gasteiger partial charge is 0.426 e. The minimum absolute atomic E-state index is 0.267. The maximum Gasteiger partial charge on any atom is 0.426 e. The Kier molecular flexibility index (Phi) is 6.90. The normalized spacial score (nSPS) is 11.0. The molecule has 0 radical (unpaired) electrons. The van der Waals surface area contributed by atoms with Gasteiger partial charge in [0.25, 0.3) is 0 Å². The summed E-state index contributed by atoms with van der Waals surface area (Å²) < 4.78 is 13.5. The first-order valence-corrected chi connectivity index (χ1v) is 11.0. The lowest BCUT2D eigenvalue weighted by Gasteiger charge is -2.18. The van der Waals surface area contributed by atoms with E-state index in [9.17, 15) is 0 Å². The highest BCUT2D eigenvalue weighted by Gasteiger charge is 2.24. The van der Waals surface area contributed by atoms with Gasteiger partial charge in [0, 0.05) is 22.6 Å². The Balaban J connectivity index is 1.64. The van der Waals surface area contributed by atoms with Crippen molar-refractivity contribution in [2.45, 2.75) is 0 Å². The summed E-state index contributed by atoms with van der Waals surface area (Å²) in [4.78, 5) is 6.64. The monoisotopic (exact) mass is 474 g/mol. The van der Waals surface area contributed by atoms with Gasteiger partial charge in [-0.3, -0.25) is 4.98 Å². The van der Waals surface area contributed by atoms with Gasteiger partial charge in [0.1, 0.15) is 23.6 Å². The van der Waals surface area contributed by atoms with E-state index in [0.717, 1.165) is 44.3 Å². The second-order valence-electron chi connectivity index (χ2n) is 7.60. The number of nitrogens with zero attached hydrogens (tertiary/aromatic N) is 2. The van der Waals surface area contributed by atoms with Crippen LogP contribution in [-0.4, -0.2) is 44.0 Å². The molecule has 0 aliphatic heterocycles. The molecule has 4 rings (SSSR count). The molecule has 0 N–H and O–H groups in total. The van der Waals surface area contributed by atoms with Gasteiger partial charge in [-0.15, -0.1) is 0 Å². The van der Waals surface area contributed by atoms with Crippen molar-refractivity contribution in [3.05, 3.63) is 89.5 Å². The van der Waals surface area contributed by atoms with E-state index in [1.165, 1.54) is 0 Å². The van der Waals surface area contributed by atoms with E-state index in [1.54, 1.807) is 6.20 Å². The average Bonchev–Trinajstić information content (AvgIpc) is 2.79. The van der Waals surface area contributed by atoms with Crippen LogP contribution in [0.1, 0.15) is 0 Å². The van der Waals surface area contributed by atoms with Gasteiger partial charge in [-0.1, -0.05) is 58.4 Å². The molecule has 0 bridgehead atoms. The van der Waals surface area contributed by atoms with Crippen LogP contribution in [0, 0.1) is 0 Å². The third kappa shape index (κ3) is 5.46. The van der Waals surface area contributed by atoms with Gasteiger partial charge >= 0.3 is 6.92 Å². The number of aromatic nitrogens is 1. The number of likely N-dealkylation sites (N-methyl/N-ethyl adjacent to an activating group) is 1. The van der Waals surface area contributed by atoms with Crippen LogP contribution in [0.2, 0.25) is 0 Å². The number of para-hydroxylation sites is 1. The van der Waals surface area contributed by atoms with E-state index in [-0.39, 0.29) is 6.92 Å². The van der Waals surface area contributed by atoms with Crippen molar-refractivity contribution < 1.29 is 9.39 Å². The first-order valence-electron chi connectivity index (χ1n) is 10.2. The summed E-state index contributed by atoms with van der Waals surface area (Å²) in [5.74, 6) is 1.62. The Hall–Kier alpha value is -2.83. The number of hydrogen-bond donors (Lipinski definition) is 0. The predicted molar refractivity (Wildman–Crippen MR) is 132 cm³/mol. The SMILES string of the molecule is CN(C)CCOc1ccc(B(Oc2cccc3cccnc23)c2ccc(Br)cc2)cc1. The van der Waals surface area contributed by atoms with E-state index in [2.05, 4.69) is 50.1 Å². The summed E-state index contributed by atoms with van der Waals surface area (Å²) in [6.07, 6.45) is 1.80. The zero-order chi connectivity index (χ0) is 21.6. The third-order valence-corrected chi connectivity index (χ3v) is 5.53. The van der Waals surface area contributed by atoms with Gasteiger partial charge in [-0.25, -0.2) is 0 Å². The van der Waals surface area contributed by atoms with Crippen LogP contribution in [0.5, 0.6) is 11.5 Å². The van der Waals surface area contributed by atoms with Crippen LogP contribution in [0.4, 0.5) is 0 Å². The van der Waals surface area contributed by atoms with Gasteiger partial charge in [0.15, 0.2) is 0 Å². The van der Waals surface area contributed by atoms with Crippen LogP contribution >= 0.6 is 15.9 Å². The quantitative estimate of drug-likeness (QED) is 0.360. The second kappa shape index (κ2) is 9.99. The average molecular weight is 475 g/mol. The van der Waals surface area contributed by atoms with Crippen LogP contribution in [-0.2, 0) is 0 Å². The lowest BCUT2D eigenvalue weighted by molar-refractivity contribution is 0.261. The first-order chi connectivity index (χ1) is 15.1. The lowest BCUT2D eigenvalue weighted by Crippen LogP contribution is -2.47. The molecule has 0 saturated carbocycles. The van der Waals surface area contributed by atoms with Gasteiger partial charge in [0.05, 0.1) is 0 Å². The molecule has 6 heteroatoms. The van der Waals surface area contributed by atoms with Crippen LogP contribution in [0.15, 0.2) is 89.5 Å². The number of ether oxygens (including phenoxy) is 1. The largest absolute Gasteiger partial charge is 0.550 e. The van der Waals surface area contributed by atoms with Gasteiger partial charge < -0.3 is 14.3 Å². The summed E-state index contributed by atoms with van der Waals surface area (Å²) in [6.45, 7) is 1.26. The summed E-state index contributed by atoms with van der Waals surface area (Å²) in [5.41, 5.74) is 2.98. The Morgan fingerprint density at radius 1 is 0.871 bits per heavy atom. The van der Waals surface area contributed by atoms with E-state index in [0.29, 0.717) is 6.61 Å². The molecule has 0 saturated heterocycles. The molecule has 4 aromatic rings. The van der Waals surface area contributed by atoms with Gasteiger partial charge in [0.2, 0.25) is 0 Å². The van der Waals surface area contributed by atoms with Gasteiger partial charge in [-0.05, 0) is 61.4 Å². The molecule has 0 amide bonds. The summed E-state index contributed by atoms with van der Waals surface area (Å²) in [7, 11) is 4.07. The highest BCUT2D eigenvalue weighted by molar-refractivity contribution is 9.10. The maximum absolute atomic E-state index is 6.57. The summed E-state index contributed by atoms with van der Waals surface area (Å²) >= 11 is 3.52. The molecule has 3 aromatic carbocycles. The number of pyridine rings is 1. The number of benzene rings is 3. The second-order valence-corrected chi connectivity index (χ2v) is 8.52. The van der Waals surface area contributed by atoms with Crippen molar-refractivity contribution in [1.82, 2.24) is 9.88 Å². The molecule has 0 unspecified atom stereocenters. The Bertz CT molecular complexity index is 1130. The zero-order valence-electron chi connectivity index (χ0n) is 17.7. The molecule has 31 heavy (non-hydrogen) atoms. The highest BCUT2D eigenvalue weighted by Crippen LogP contribution is 2.23. The van der Waals surface area contributed by atoms with E-state index >= 15 is 0 Å². The lowest BCUT2D eigenvalue weighted by atomic mass is 9.55. The van der Waals surface area contributed by atoms with Crippen molar-refractivity contribution in [3.63, 3.8) is 0 Å². The van der Waals surface area contributed by atoms with Crippen LogP contribution < -0.4 is 20.3 Å². The molecular formula is C25H24BBrN2O2. The molecule has 4 nitrogen and oxygen atoms in total.